The molecule has 0 saturated carbocycles. The van der Waals surface area contributed by atoms with Crippen molar-refractivity contribution in [2.75, 3.05) is 18.4 Å². The number of anilines is 1. The summed E-state index contributed by atoms with van der Waals surface area (Å²) in [7, 11) is 0. The van der Waals surface area contributed by atoms with Crippen LogP contribution < -0.4 is 10.6 Å². The highest BCUT2D eigenvalue weighted by atomic mass is 35.5. The SMILES string of the molecule is CCCNC(=O)CNc1ccc(Cl)c(Cl)c1. The van der Waals surface area contributed by atoms with Gasteiger partial charge in [0.25, 0.3) is 0 Å². The van der Waals surface area contributed by atoms with E-state index >= 15 is 0 Å². The fraction of sp³-hybridized carbons (Fsp3) is 0.364. The van der Waals surface area contributed by atoms with Crippen LogP contribution in [0.2, 0.25) is 10.0 Å². The standard InChI is InChI=1S/C11H14Cl2N2O/c1-2-5-14-11(16)7-15-8-3-4-9(12)10(13)6-8/h3-4,6,15H,2,5,7H2,1H3,(H,14,16). The second-order valence-electron chi connectivity index (χ2n) is 3.33. The number of rotatable bonds is 5. The molecule has 2 N–H and O–H groups in total. The number of nitrogens with one attached hydrogen (secondary N) is 2. The van der Waals surface area contributed by atoms with Crippen LogP contribution in [0, 0.1) is 0 Å². The van der Waals surface area contributed by atoms with Gasteiger partial charge in [0.15, 0.2) is 0 Å². The lowest BCUT2D eigenvalue weighted by molar-refractivity contribution is -0.119. The first kappa shape index (κ1) is 13.1. The summed E-state index contributed by atoms with van der Waals surface area (Å²) in [6.07, 6.45) is 0.929. The average Bonchev–Trinajstić information content (AvgIpc) is 2.28. The molecule has 0 unspecified atom stereocenters. The summed E-state index contributed by atoms with van der Waals surface area (Å²) in [5.41, 5.74) is 0.779. The Kier molecular flexibility index (Phi) is 5.43. The van der Waals surface area contributed by atoms with E-state index in [1.165, 1.54) is 0 Å². The van der Waals surface area contributed by atoms with Crippen molar-refractivity contribution < 1.29 is 4.79 Å². The van der Waals surface area contributed by atoms with Gasteiger partial charge in [-0.15, -0.1) is 0 Å². The van der Waals surface area contributed by atoms with Gasteiger partial charge in [-0.25, -0.2) is 0 Å². The third kappa shape index (κ3) is 4.29. The maximum absolute atomic E-state index is 11.3. The molecule has 0 atom stereocenters. The highest BCUT2D eigenvalue weighted by molar-refractivity contribution is 6.42. The first-order valence-corrected chi connectivity index (χ1v) is 5.84. The normalized spacial score (nSPS) is 9.94. The highest BCUT2D eigenvalue weighted by Crippen LogP contribution is 2.24. The van der Waals surface area contributed by atoms with Gasteiger partial charge >= 0.3 is 0 Å². The summed E-state index contributed by atoms with van der Waals surface area (Å²) in [4.78, 5) is 11.3. The number of amides is 1. The Morgan fingerprint density at radius 3 is 2.69 bits per heavy atom. The Hall–Kier alpha value is -0.930. The van der Waals surface area contributed by atoms with Crippen molar-refractivity contribution in [2.24, 2.45) is 0 Å². The van der Waals surface area contributed by atoms with Crippen molar-refractivity contribution in [1.29, 1.82) is 0 Å². The van der Waals surface area contributed by atoms with Crippen molar-refractivity contribution in [2.45, 2.75) is 13.3 Å². The number of benzene rings is 1. The van der Waals surface area contributed by atoms with Crippen molar-refractivity contribution in [3.05, 3.63) is 28.2 Å². The largest absolute Gasteiger partial charge is 0.376 e. The predicted molar refractivity (Wildman–Crippen MR) is 68.3 cm³/mol. The summed E-state index contributed by atoms with van der Waals surface area (Å²) in [6, 6.07) is 5.16. The van der Waals surface area contributed by atoms with Crippen molar-refractivity contribution >= 4 is 34.8 Å². The molecule has 88 valence electrons. The highest BCUT2D eigenvalue weighted by Gasteiger charge is 2.02. The van der Waals surface area contributed by atoms with Gasteiger partial charge in [0.05, 0.1) is 16.6 Å². The molecular weight excluding hydrogens is 247 g/mol. The lowest BCUT2D eigenvalue weighted by Gasteiger charge is -2.07. The molecule has 1 aromatic carbocycles. The minimum Gasteiger partial charge on any atom is -0.376 e. The zero-order valence-corrected chi connectivity index (χ0v) is 10.5. The third-order valence-electron chi connectivity index (χ3n) is 1.94. The molecule has 16 heavy (non-hydrogen) atoms. The molecule has 0 aliphatic heterocycles. The van der Waals surface area contributed by atoms with Crippen LogP contribution in [-0.2, 0) is 4.79 Å². The van der Waals surface area contributed by atoms with E-state index in [-0.39, 0.29) is 12.5 Å². The van der Waals surface area contributed by atoms with Crippen LogP contribution in [0.15, 0.2) is 18.2 Å². The Bertz CT molecular complexity index is 369. The molecule has 5 heteroatoms. The van der Waals surface area contributed by atoms with Gasteiger partial charge in [0.1, 0.15) is 0 Å². The summed E-state index contributed by atoms with van der Waals surface area (Å²) >= 11 is 11.6. The van der Waals surface area contributed by atoms with E-state index in [9.17, 15) is 4.79 Å². The molecule has 0 aliphatic rings. The second kappa shape index (κ2) is 6.61. The van der Waals surface area contributed by atoms with Crippen LogP contribution in [0.25, 0.3) is 0 Å². The second-order valence-corrected chi connectivity index (χ2v) is 4.15. The van der Waals surface area contributed by atoms with Gasteiger partial charge in [-0.2, -0.15) is 0 Å². The first-order chi connectivity index (χ1) is 7.63. The maximum Gasteiger partial charge on any atom is 0.239 e. The Labute approximate surface area is 105 Å². The molecular formula is C11H14Cl2N2O. The van der Waals surface area contributed by atoms with Crippen molar-refractivity contribution in [3.8, 4) is 0 Å². The van der Waals surface area contributed by atoms with Gasteiger partial charge in [-0.3, -0.25) is 4.79 Å². The number of carbonyl (C=O) groups excluding carboxylic acids is 1. The minimum absolute atomic E-state index is 0.0343. The van der Waals surface area contributed by atoms with E-state index in [1.54, 1.807) is 18.2 Å². The summed E-state index contributed by atoms with van der Waals surface area (Å²) in [5, 5.41) is 6.71. The molecule has 0 aliphatic carbocycles. The molecule has 1 aromatic rings. The molecule has 0 bridgehead atoms. The minimum atomic E-state index is -0.0343. The van der Waals surface area contributed by atoms with E-state index in [1.807, 2.05) is 6.92 Å². The summed E-state index contributed by atoms with van der Waals surface area (Å²) in [6.45, 7) is 2.94. The smallest absolute Gasteiger partial charge is 0.239 e. The lowest BCUT2D eigenvalue weighted by Crippen LogP contribution is -2.30. The molecule has 3 nitrogen and oxygen atoms in total. The quantitative estimate of drug-likeness (QED) is 0.855. The fourth-order valence-corrected chi connectivity index (χ4v) is 1.41. The maximum atomic E-state index is 11.3. The average molecular weight is 261 g/mol. The topological polar surface area (TPSA) is 41.1 Å². The number of hydrogen-bond donors (Lipinski definition) is 2. The third-order valence-corrected chi connectivity index (χ3v) is 2.68. The van der Waals surface area contributed by atoms with Crippen LogP contribution in [0.3, 0.4) is 0 Å². The molecule has 0 radical (unpaired) electrons. The van der Waals surface area contributed by atoms with Gasteiger partial charge in [0.2, 0.25) is 5.91 Å². The van der Waals surface area contributed by atoms with Crippen LogP contribution in [-0.4, -0.2) is 19.0 Å². The van der Waals surface area contributed by atoms with Crippen LogP contribution in [0.1, 0.15) is 13.3 Å². The predicted octanol–water partition coefficient (Wildman–Crippen LogP) is 2.93. The zero-order valence-electron chi connectivity index (χ0n) is 9.02. The van der Waals surface area contributed by atoms with E-state index in [0.29, 0.717) is 16.6 Å². The Morgan fingerprint density at radius 2 is 2.06 bits per heavy atom. The van der Waals surface area contributed by atoms with E-state index < -0.39 is 0 Å². The molecule has 1 rings (SSSR count). The van der Waals surface area contributed by atoms with Crippen molar-refractivity contribution in [3.63, 3.8) is 0 Å². The van der Waals surface area contributed by atoms with E-state index in [4.69, 9.17) is 23.2 Å². The van der Waals surface area contributed by atoms with E-state index in [0.717, 1.165) is 12.1 Å². The molecule has 0 heterocycles. The van der Waals surface area contributed by atoms with Gasteiger partial charge in [-0.1, -0.05) is 30.1 Å². The summed E-state index contributed by atoms with van der Waals surface area (Å²) < 4.78 is 0. The van der Waals surface area contributed by atoms with Gasteiger partial charge in [0, 0.05) is 12.2 Å². The summed E-state index contributed by atoms with van der Waals surface area (Å²) in [5.74, 6) is -0.0343. The lowest BCUT2D eigenvalue weighted by atomic mass is 10.3. The molecule has 1 amide bonds. The monoisotopic (exact) mass is 260 g/mol. The van der Waals surface area contributed by atoms with E-state index in [2.05, 4.69) is 10.6 Å². The van der Waals surface area contributed by atoms with Crippen molar-refractivity contribution in [1.82, 2.24) is 5.32 Å². The van der Waals surface area contributed by atoms with Crippen LogP contribution >= 0.6 is 23.2 Å². The first-order valence-electron chi connectivity index (χ1n) is 5.09. The Morgan fingerprint density at radius 1 is 1.31 bits per heavy atom. The van der Waals surface area contributed by atoms with Gasteiger partial charge in [-0.05, 0) is 24.6 Å². The zero-order chi connectivity index (χ0) is 12.0. The molecule has 0 spiro atoms. The number of carbonyl (C=O) groups is 1. The number of halogens is 2. The molecule has 0 saturated heterocycles. The van der Waals surface area contributed by atoms with Crippen LogP contribution in [0.4, 0.5) is 5.69 Å². The van der Waals surface area contributed by atoms with Crippen LogP contribution in [0.5, 0.6) is 0 Å². The fourth-order valence-electron chi connectivity index (χ4n) is 1.12. The molecule has 0 fully saturated rings. The number of hydrogen-bond acceptors (Lipinski definition) is 2. The molecule has 0 aromatic heterocycles. The van der Waals surface area contributed by atoms with Gasteiger partial charge < -0.3 is 10.6 Å². The Balaban J connectivity index is 2.42.